The fourth-order valence-electron chi connectivity index (χ4n) is 2.88. The summed E-state index contributed by atoms with van der Waals surface area (Å²) in [6.45, 7) is 5.38. The molecule has 0 saturated carbocycles. The van der Waals surface area contributed by atoms with E-state index in [0.717, 1.165) is 21.4 Å². The second-order valence-electron chi connectivity index (χ2n) is 7.02. The van der Waals surface area contributed by atoms with E-state index in [2.05, 4.69) is 15.7 Å². The topological polar surface area (TPSA) is 93.1 Å². The molecule has 0 saturated heterocycles. The third kappa shape index (κ3) is 5.00. The van der Waals surface area contributed by atoms with Gasteiger partial charge in [-0.1, -0.05) is 43.3 Å². The first-order valence-corrected chi connectivity index (χ1v) is 9.72. The largest absolute Gasteiger partial charge is 0.324 e. The summed E-state index contributed by atoms with van der Waals surface area (Å²) >= 11 is 0. The Morgan fingerprint density at radius 1 is 0.933 bits per heavy atom. The lowest BCUT2D eigenvalue weighted by Gasteiger charge is -2.12. The smallest absolute Gasteiger partial charge is 0.291 e. The van der Waals surface area contributed by atoms with Crippen LogP contribution >= 0.6 is 0 Å². The summed E-state index contributed by atoms with van der Waals surface area (Å²) < 4.78 is 1.07. The van der Waals surface area contributed by atoms with Crippen LogP contribution in [-0.4, -0.2) is 21.6 Å². The molecular formula is C23H24N4O3. The molecule has 154 valence electrons. The van der Waals surface area contributed by atoms with Crippen LogP contribution in [0.2, 0.25) is 0 Å². The van der Waals surface area contributed by atoms with Gasteiger partial charge in [-0.05, 0) is 43.2 Å². The molecule has 2 amide bonds. The van der Waals surface area contributed by atoms with Gasteiger partial charge in [0.05, 0.1) is 5.69 Å². The number of anilines is 2. The molecule has 0 aliphatic carbocycles. The van der Waals surface area contributed by atoms with Crippen LogP contribution in [0.25, 0.3) is 11.3 Å². The Labute approximate surface area is 174 Å². The first kappa shape index (κ1) is 21.0. The van der Waals surface area contributed by atoms with Gasteiger partial charge in [0.2, 0.25) is 11.8 Å². The number of amides is 2. The Bertz CT molecular complexity index is 1140. The highest BCUT2D eigenvalue weighted by atomic mass is 16.2. The number of nitrogens with one attached hydrogen (secondary N) is 2. The first-order valence-electron chi connectivity index (χ1n) is 9.72. The summed E-state index contributed by atoms with van der Waals surface area (Å²) in [6, 6.07) is 16.4. The summed E-state index contributed by atoms with van der Waals surface area (Å²) in [5.74, 6) is -0.672. The summed E-state index contributed by atoms with van der Waals surface area (Å²) in [5, 5.41) is 9.74. The molecule has 1 heterocycles. The predicted molar refractivity (Wildman–Crippen MR) is 117 cm³/mol. The van der Waals surface area contributed by atoms with Gasteiger partial charge < -0.3 is 10.6 Å². The van der Waals surface area contributed by atoms with Gasteiger partial charge in [0.25, 0.3) is 5.56 Å². The van der Waals surface area contributed by atoms with Gasteiger partial charge in [-0.25, -0.2) is 4.68 Å². The molecule has 0 radical (unpaired) electrons. The Balaban J connectivity index is 1.92. The molecule has 3 rings (SSSR count). The van der Waals surface area contributed by atoms with Crippen molar-refractivity contribution in [1.29, 1.82) is 0 Å². The van der Waals surface area contributed by atoms with Crippen LogP contribution in [0.1, 0.15) is 24.5 Å². The zero-order valence-electron chi connectivity index (χ0n) is 17.2. The van der Waals surface area contributed by atoms with Gasteiger partial charge in [0.1, 0.15) is 12.2 Å². The molecule has 0 aliphatic rings. The average molecular weight is 404 g/mol. The van der Waals surface area contributed by atoms with Gasteiger partial charge in [0, 0.05) is 17.7 Å². The van der Waals surface area contributed by atoms with Crippen molar-refractivity contribution in [3.05, 3.63) is 76.1 Å². The van der Waals surface area contributed by atoms with Crippen molar-refractivity contribution in [1.82, 2.24) is 9.78 Å². The standard InChI is InChI=1S/C23H24N4O3/c1-4-21(28)25-20-13-19(17-8-6-5-7-9-17)26-27(23(20)30)14-22(29)24-18-11-10-15(2)16(3)12-18/h5-13H,4,14H2,1-3H3,(H,24,29)(H,25,28). The van der Waals surface area contributed by atoms with Gasteiger partial charge in [-0.2, -0.15) is 5.10 Å². The number of carbonyl (C=O) groups is 2. The lowest BCUT2D eigenvalue weighted by Crippen LogP contribution is -2.32. The van der Waals surface area contributed by atoms with Crippen molar-refractivity contribution in [2.75, 3.05) is 10.6 Å². The van der Waals surface area contributed by atoms with Crippen molar-refractivity contribution < 1.29 is 9.59 Å². The number of nitrogens with zero attached hydrogens (tertiary/aromatic N) is 2. The van der Waals surface area contributed by atoms with E-state index in [1.54, 1.807) is 6.92 Å². The van der Waals surface area contributed by atoms with E-state index in [1.807, 2.05) is 62.4 Å². The second kappa shape index (κ2) is 9.17. The predicted octanol–water partition coefficient (Wildman–Crippen LogP) is 3.51. The lowest BCUT2D eigenvalue weighted by atomic mass is 10.1. The zero-order chi connectivity index (χ0) is 21.7. The third-order valence-corrected chi connectivity index (χ3v) is 4.72. The number of aryl methyl sites for hydroxylation is 2. The number of aromatic nitrogens is 2. The monoisotopic (exact) mass is 404 g/mol. The molecule has 0 spiro atoms. The maximum Gasteiger partial charge on any atom is 0.291 e. The van der Waals surface area contributed by atoms with Gasteiger partial charge in [0.15, 0.2) is 0 Å². The summed E-state index contributed by atoms with van der Waals surface area (Å²) in [4.78, 5) is 37.2. The Hall–Kier alpha value is -3.74. The van der Waals surface area contributed by atoms with Crippen molar-refractivity contribution >= 4 is 23.2 Å². The second-order valence-corrected chi connectivity index (χ2v) is 7.02. The minimum atomic E-state index is -0.535. The van der Waals surface area contributed by atoms with Crippen LogP contribution in [0.4, 0.5) is 11.4 Å². The van der Waals surface area contributed by atoms with Crippen LogP contribution in [0.5, 0.6) is 0 Å². The molecule has 0 fully saturated rings. The molecular weight excluding hydrogens is 380 g/mol. The molecule has 3 aromatic rings. The van der Waals surface area contributed by atoms with E-state index in [-0.39, 0.29) is 30.5 Å². The molecule has 2 aromatic carbocycles. The van der Waals surface area contributed by atoms with Crippen molar-refractivity contribution in [2.45, 2.75) is 33.7 Å². The fourth-order valence-corrected chi connectivity index (χ4v) is 2.88. The highest BCUT2D eigenvalue weighted by Gasteiger charge is 2.14. The number of hydrogen-bond acceptors (Lipinski definition) is 4. The van der Waals surface area contributed by atoms with Crippen molar-refractivity contribution in [3.8, 4) is 11.3 Å². The normalized spacial score (nSPS) is 10.5. The number of carbonyl (C=O) groups excluding carboxylic acids is 2. The summed E-state index contributed by atoms with van der Waals surface area (Å²) in [5.41, 5.74) is 3.64. The maximum absolute atomic E-state index is 12.8. The molecule has 0 unspecified atom stereocenters. The Morgan fingerprint density at radius 2 is 1.67 bits per heavy atom. The van der Waals surface area contributed by atoms with Crippen molar-refractivity contribution in [3.63, 3.8) is 0 Å². The Morgan fingerprint density at radius 3 is 2.33 bits per heavy atom. The van der Waals surface area contributed by atoms with Gasteiger partial charge in [-0.3, -0.25) is 14.4 Å². The van der Waals surface area contributed by atoms with Crippen LogP contribution in [-0.2, 0) is 16.1 Å². The van der Waals surface area contributed by atoms with Crippen LogP contribution in [0.3, 0.4) is 0 Å². The van der Waals surface area contributed by atoms with E-state index in [9.17, 15) is 14.4 Å². The minimum absolute atomic E-state index is 0.0923. The molecule has 30 heavy (non-hydrogen) atoms. The van der Waals surface area contributed by atoms with E-state index >= 15 is 0 Å². The van der Waals surface area contributed by atoms with Gasteiger partial charge in [-0.15, -0.1) is 0 Å². The molecule has 7 heteroatoms. The quantitative estimate of drug-likeness (QED) is 0.657. The maximum atomic E-state index is 12.8. The van der Waals surface area contributed by atoms with E-state index in [1.165, 1.54) is 6.07 Å². The van der Waals surface area contributed by atoms with E-state index < -0.39 is 5.56 Å². The molecule has 1 aromatic heterocycles. The van der Waals surface area contributed by atoms with Crippen LogP contribution in [0, 0.1) is 13.8 Å². The zero-order valence-corrected chi connectivity index (χ0v) is 17.2. The summed E-state index contributed by atoms with van der Waals surface area (Å²) in [7, 11) is 0. The SMILES string of the molecule is CCC(=O)Nc1cc(-c2ccccc2)nn(CC(=O)Nc2ccc(C)c(C)c2)c1=O. The lowest BCUT2D eigenvalue weighted by molar-refractivity contribution is -0.117. The van der Waals surface area contributed by atoms with E-state index in [4.69, 9.17) is 0 Å². The Kier molecular flexibility index (Phi) is 6.41. The number of hydrogen-bond donors (Lipinski definition) is 2. The molecule has 2 N–H and O–H groups in total. The molecule has 0 aliphatic heterocycles. The average Bonchev–Trinajstić information content (AvgIpc) is 2.74. The molecule has 7 nitrogen and oxygen atoms in total. The molecule has 0 bridgehead atoms. The van der Waals surface area contributed by atoms with E-state index in [0.29, 0.717) is 11.4 Å². The summed E-state index contributed by atoms with van der Waals surface area (Å²) in [6.07, 6.45) is 0.232. The van der Waals surface area contributed by atoms with Crippen LogP contribution < -0.4 is 16.2 Å². The number of benzene rings is 2. The number of rotatable bonds is 6. The van der Waals surface area contributed by atoms with Crippen molar-refractivity contribution in [2.24, 2.45) is 0 Å². The van der Waals surface area contributed by atoms with Gasteiger partial charge >= 0.3 is 0 Å². The molecule has 0 atom stereocenters. The first-order chi connectivity index (χ1) is 14.4. The van der Waals surface area contributed by atoms with Crippen LogP contribution in [0.15, 0.2) is 59.4 Å². The highest BCUT2D eigenvalue weighted by Crippen LogP contribution is 2.18. The minimum Gasteiger partial charge on any atom is -0.324 e. The third-order valence-electron chi connectivity index (χ3n) is 4.72. The fraction of sp³-hybridized carbons (Fsp3) is 0.217. The highest BCUT2D eigenvalue weighted by molar-refractivity contribution is 5.92.